The average molecular weight is 373 g/mol. The predicted octanol–water partition coefficient (Wildman–Crippen LogP) is 2.47. The summed E-state index contributed by atoms with van der Waals surface area (Å²) in [6.45, 7) is -0.777. The largest absolute Gasteiger partial charge is 0.460 e. The zero-order valence-electron chi connectivity index (χ0n) is 13.1. The van der Waals surface area contributed by atoms with Crippen molar-refractivity contribution in [2.45, 2.75) is 11.5 Å². The molecule has 0 unspecified atom stereocenters. The summed E-state index contributed by atoms with van der Waals surface area (Å²) in [5.74, 6) is -6.13. The number of benzene rings is 2. The first-order valence-corrected chi connectivity index (χ1v) is 8.47. The van der Waals surface area contributed by atoms with Crippen LogP contribution in [0.1, 0.15) is 5.56 Å². The van der Waals surface area contributed by atoms with E-state index in [1.165, 1.54) is 0 Å². The molecule has 9 heteroatoms. The van der Waals surface area contributed by atoms with Crippen LogP contribution in [0.15, 0.2) is 47.4 Å². The van der Waals surface area contributed by atoms with Crippen LogP contribution in [0.5, 0.6) is 0 Å². The molecule has 134 valence electrons. The van der Waals surface area contributed by atoms with Crippen LogP contribution in [0, 0.1) is 17.5 Å². The summed E-state index contributed by atoms with van der Waals surface area (Å²) < 4.78 is 69.7. The van der Waals surface area contributed by atoms with E-state index in [-0.39, 0.29) is 6.61 Å². The number of nitrogens with zero attached hydrogens (tertiary/aromatic N) is 1. The number of esters is 1. The molecule has 0 atom stereocenters. The highest BCUT2D eigenvalue weighted by molar-refractivity contribution is 7.89. The molecule has 25 heavy (non-hydrogen) atoms. The van der Waals surface area contributed by atoms with Crippen LogP contribution in [-0.4, -0.2) is 32.3 Å². The molecule has 0 bridgehead atoms. The highest BCUT2D eigenvalue weighted by atomic mass is 32.2. The molecule has 2 aromatic carbocycles. The molecule has 2 aromatic rings. The smallest absolute Gasteiger partial charge is 0.321 e. The third kappa shape index (κ3) is 4.37. The van der Waals surface area contributed by atoms with Gasteiger partial charge in [-0.15, -0.1) is 0 Å². The van der Waals surface area contributed by atoms with Gasteiger partial charge in [0.1, 0.15) is 18.0 Å². The van der Waals surface area contributed by atoms with Crippen molar-refractivity contribution in [2.24, 2.45) is 0 Å². The van der Waals surface area contributed by atoms with Crippen molar-refractivity contribution in [3.8, 4) is 0 Å². The SMILES string of the molecule is CN(CC(=O)OCc1ccccc1)S(=O)(=O)c1ccc(F)c(F)c1F. The first-order chi connectivity index (χ1) is 11.7. The Balaban J connectivity index is 2.07. The molecule has 0 heterocycles. The van der Waals surface area contributed by atoms with E-state index in [2.05, 4.69) is 0 Å². The van der Waals surface area contributed by atoms with Crippen molar-refractivity contribution < 1.29 is 31.1 Å². The lowest BCUT2D eigenvalue weighted by atomic mass is 10.2. The molecular formula is C16H14F3NO4S. The number of carbonyl (C=O) groups is 1. The highest BCUT2D eigenvalue weighted by Crippen LogP contribution is 2.22. The summed E-state index contributed by atoms with van der Waals surface area (Å²) in [7, 11) is -3.54. The van der Waals surface area contributed by atoms with Crippen molar-refractivity contribution in [1.82, 2.24) is 4.31 Å². The van der Waals surface area contributed by atoms with Gasteiger partial charge in [-0.05, 0) is 17.7 Å². The Morgan fingerprint density at radius 2 is 1.68 bits per heavy atom. The molecule has 0 fully saturated rings. The molecule has 0 radical (unpaired) electrons. The summed E-state index contributed by atoms with van der Waals surface area (Å²) in [6.07, 6.45) is 0. The van der Waals surface area contributed by atoms with Crippen LogP contribution in [0.3, 0.4) is 0 Å². The van der Waals surface area contributed by atoms with E-state index in [1.54, 1.807) is 30.3 Å². The molecule has 0 aliphatic rings. The molecule has 0 aromatic heterocycles. The Morgan fingerprint density at radius 1 is 1.04 bits per heavy atom. The molecule has 0 aliphatic carbocycles. The van der Waals surface area contributed by atoms with Gasteiger partial charge in [0.2, 0.25) is 10.0 Å². The van der Waals surface area contributed by atoms with Crippen LogP contribution in [0.2, 0.25) is 0 Å². The minimum Gasteiger partial charge on any atom is -0.460 e. The Morgan fingerprint density at radius 3 is 2.32 bits per heavy atom. The maximum Gasteiger partial charge on any atom is 0.321 e. The van der Waals surface area contributed by atoms with Gasteiger partial charge in [0, 0.05) is 7.05 Å². The van der Waals surface area contributed by atoms with Crippen molar-refractivity contribution in [3.05, 3.63) is 65.5 Å². The maximum absolute atomic E-state index is 13.7. The normalized spacial score (nSPS) is 11.6. The second-order valence-corrected chi connectivity index (χ2v) is 7.09. The minimum atomic E-state index is -4.54. The Labute approximate surface area is 142 Å². The van der Waals surface area contributed by atoms with Crippen LogP contribution in [0.4, 0.5) is 13.2 Å². The highest BCUT2D eigenvalue weighted by Gasteiger charge is 2.29. The summed E-state index contributed by atoms with van der Waals surface area (Å²) in [5, 5.41) is 0. The van der Waals surface area contributed by atoms with E-state index >= 15 is 0 Å². The van der Waals surface area contributed by atoms with Crippen molar-refractivity contribution in [1.29, 1.82) is 0 Å². The molecule has 0 spiro atoms. The number of hydrogen-bond donors (Lipinski definition) is 0. The summed E-state index contributed by atoms with van der Waals surface area (Å²) in [6, 6.07) is 9.77. The summed E-state index contributed by atoms with van der Waals surface area (Å²) >= 11 is 0. The number of ether oxygens (including phenoxy) is 1. The number of rotatable bonds is 6. The fraction of sp³-hybridized carbons (Fsp3) is 0.188. The van der Waals surface area contributed by atoms with Crippen LogP contribution in [-0.2, 0) is 26.2 Å². The zero-order chi connectivity index (χ0) is 18.6. The molecule has 0 N–H and O–H groups in total. The van der Waals surface area contributed by atoms with Crippen LogP contribution < -0.4 is 0 Å². The second kappa shape index (κ2) is 7.66. The fourth-order valence-corrected chi connectivity index (χ4v) is 3.09. The molecular weight excluding hydrogens is 359 g/mol. The quantitative estimate of drug-likeness (QED) is 0.576. The van der Waals surface area contributed by atoms with Crippen molar-refractivity contribution >= 4 is 16.0 Å². The Bertz CT molecular complexity index is 872. The van der Waals surface area contributed by atoms with E-state index in [1.807, 2.05) is 0 Å². The molecule has 0 saturated heterocycles. The van der Waals surface area contributed by atoms with E-state index in [0.29, 0.717) is 22.0 Å². The fourth-order valence-electron chi connectivity index (χ4n) is 1.93. The third-order valence-corrected chi connectivity index (χ3v) is 5.10. The second-order valence-electron chi connectivity index (χ2n) is 5.08. The molecule has 0 aliphatic heterocycles. The van der Waals surface area contributed by atoms with E-state index < -0.39 is 44.9 Å². The number of likely N-dealkylation sites (N-methyl/N-ethyl adjacent to an activating group) is 1. The van der Waals surface area contributed by atoms with Gasteiger partial charge in [0.15, 0.2) is 17.5 Å². The molecule has 0 saturated carbocycles. The van der Waals surface area contributed by atoms with Crippen LogP contribution in [0.25, 0.3) is 0 Å². The van der Waals surface area contributed by atoms with Gasteiger partial charge in [0.05, 0.1) is 0 Å². The maximum atomic E-state index is 13.7. The van der Waals surface area contributed by atoms with Gasteiger partial charge < -0.3 is 4.74 Å². The first kappa shape index (κ1) is 18.9. The molecule has 0 amide bonds. The lowest BCUT2D eigenvalue weighted by Gasteiger charge is -2.17. The van der Waals surface area contributed by atoms with Gasteiger partial charge in [0.25, 0.3) is 0 Å². The van der Waals surface area contributed by atoms with Crippen molar-refractivity contribution in [3.63, 3.8) is 0 Å². The standard InChI is InChI=1S/C16H14F3NO4S/c1-20(9-14(21)24-10-11-5-3-2-4-6-11)25(22,23)13-8-7-12(17)15(18)16(13)19/h2-8H,9-10H2,1H3. The predicted molar refractivity (Wildman–Crippen MR) is 82.4 cm³/mol. The van der Waals surface area contributed by atoms with Gasteiger partial charge in [-0.25, -0.2) is 21.6 Å². The lowest BCUT2D eigenvalue weighted by molar-refractivity contribution is -0.144. The number of sulfonamides is 1. The Kier molecular flexibility index (Phi) is 5.81. The summed E-state index contributed by atoms with van der Waals surface area (Å²) in [5.41, 5.74) is 0.702. The Hall–Kier alpha value is -2.39. The van der Waals surface area contributed by atoms with Crippen molar-refractivity contribution in [2.75, 3.05) is 13.6 Å². The van der Waals surface area contributed by atoms with Gasteiger partial charge in [-0.1, -0.05) is 30.3 Å². The monoisotopic (exact) mass is 373 g/mol. The minimum absolute atomic E-state index is 0.0624. The lowest BCUT2D eigenvalue weighted by Crippen LogP contribution is -2.33. The molecule has 5 nitrogen and oxygen atoms in total. The van der Waals surface area contributed by atoms with Gasteiger partial charge in [-0.2, -0.15) is 4.31 Å². The van der Waals surface area contributed by atoms with Crippen LogP contribution >= 0.6 is 0 Å². The molecule has 2 rings (SSSR count). The number of carbonyl (C=O) groups excluding carboxylic acids is 1. The van der Waals surface area contributed by atoms with E-state index in [4.69, 9.17) is 4.74 Å². The van der Waals surface area contributed by atoms with Gasteiger partial charge >= 0.3 is 5.97 Å². The zero-order valence-corrected chi connectivity index (χ0v) is 13.9. The van der Waals surface area contributed by atoms with Gasteiger partial charge in [-0.3, -0.25) is 4.79 Å². The summed E-state index contributed by atoms with van der Waals surface area (Å²) in [4.78, 5) is 10.7. The van der Waals surface area contributed by atoms with E-state index in [0.717, 1.165) is 7.05 Å². The average Bonchev–Trinajstić information content (AvgIpc) is 2.58. The first-order valence-electron chi connectivity index (χ1n) is 7.03. The third-order valence-electron chi connectivity index (χ3n) is 3.28. The number of hydrogen-bond acceptors (Lipinski definition) is 4. The van der Waals surface area contributed by atoms with E-state index in [9.17, 15) is 26.4 Å². The number of halogens is 3. The topological polar surface area (TPSA) is 63.7 Å².